The molecule has 3 rings (SSSR count). The fourth-order valence-electron chi connectivity index (χ4n) is 2.84. The first-order valence-electron chi connectivity index (χ1n) is 8.74. The Labute approximate surface area is 161 Å². The molecule has 0 bridgehead atoms. The fourth-order valence-corrected chi connectivity index (χ4v) is 2.84. The number of aromatic nitrogens is 2. The predicted molar refractivity (Wildman–Crippen MR) is 103 cm³/mol. The van der Waals surface area contributed by atoms with Crippen LogP contribution in [0.25, 0.3) is 0 Å². The van der Waals surface area contributed by atoms with Gasteiger partial charge in [0.05, 0.1) is 17.9 Å². The number of nitrogens with one attached hydrogen (secondary N) is 1. The van der Waals surface area contributed by atoms with Crippen LogP contribution in [0.3, 0.4) is 0 Å². The van der Waals surface area contributed by atoms with Crippen LogP contribution in [0.4, 0.5) is 10.1 Å². The summed E-state index contributed by atoms with van der Waals surface area (Å²) < 4.78 is 19.8. The molecule has 0 spiro atoms. The summed E-state index contributed by atoms with van der Waals surface area (Å²) in [4.78, 5) is 24.4. The van der Waals surface area contributed by atoms with Gasteiger partial charge in [0.15, 0.2) is 6.61 Å². The number of aryl methyl sites for hydroxylation is 1. The molecular weight excluding hydrogens is 361 g/mol. The van der Waals surface area contributed by atoms with Gasteiger partial charge in [0.25, 0.3) is 5.91 Å². The van der Waals surface area contributed by atoms with Crippen molar-refractivity contribution in [2.24, 2.45) is 0 Å². The van der Waals surface area contributed by atoms with Crippen molar-refractivity contribution in [3.8, 4) is 0 Å². The molecule has 0 saturated heterocycles. The fraction of sp³-hybridized carbons (Fsp3) is 0.190. The summed E-state index contributed by atoms with van der Waals surface area (Å²) in [7, 11) is 0. The van der Waals surface area contributed by atoms with Crippen molar-refractivity contribution in [2.45, 2.75) is 20.4 Å². The zero-order chi connectivity index (χ0) is 20.1. The Morgan fingerprint density at radius 2 is 1.75 bits per heavy atom. The molecule has 0 aliphatic rings. The number of rotatable bonds is 6. The van der Waals surface area contributed by atoms with Crippen LogP contribution < -0.4 is 5.32 Å². The highest BCUT2D eigenvalue weighted by atomic mass is 19.1. The number of anilines is 1. The topological polar surface area (TPSA) is 73.2 Å². The monoisotopic (exact) mass is 381 g/mol. The lowest BCUT2D eigenvalue weighted by Crippen LogP contribution is -2.21. The van der Waals surface area contributed by atoms with Crippen LogP contribution in [-0.4, -0.2) is 28.3 Å². The Kier molecular flexibility index (Phi) is 5.84. The third-order valence-corrected chi connectivity index (χ3v) is 4.22. The average Bonchev–Trinajstić information content (AvgIpc) is 2.96. The molecule has 1 aromatic heterocycles. The molecule has 0 radical (unpaired) electrons. The van der Waals surface area contributed by atoms with E-state index in [9.17, 15) is 14.0 Å². The molecule has 28 heavy (non-hydrogen) atoms. The molecule has 144 valence electrons. The zero-order valence-corrected chi connectivity index (χ0v) is 15.6. The molecule has 0 atom stereocenters. The van der Waals surface area contributed by atoms with Gasteiger partial charge in [-0.1, -0.05) is 30.3 Å². The third-order valence-electron chi connectivity index (χ3n) is 4.22. The van der Waals surface area contributed by atoms with E-state index in [0.717, 1.165) is 5.56 Å². The number of carbonyl (C=O) groups is 2. The second-order valence-electron chi connectivity index (χ2n) is 6.32. The molecule has 0 fully saturated rings. The number of esters is 1. The first-order chi connectivity index (χ1) is 13.4. The first kappa shape index (κ1) is 19.3. The summed E-state index contributed by atoms with van der Waals surface area (Å²) >= 11 is 0. The maximum atomic E-state index is 12.9. The largest absolute Gasteiger partial charge is 0.452 e. The van der Waals surface area contributed by atoms with Crippen molar-refractivity contribution >= 4 is 17.6 Å². The maximum Gasteiger partial charge on any atom is 0.342 e. The van der Waals surface area contributed by atoms with Crippen LogP contribution in [0.2, 0.25) is 0 Å². The van der Waals surface area contributed by atoms with E-state index in [2.05, 4.69) is 10.4 Å². The van der Waals surface area contributed by atoms with E-state index >= 15 is 0 Å². The Hall–Kier alpha value is -3.48. The lowest BCUT2D eigenvalue weighted by molar-refractivity contribution is -0.119. The van der Waals surface area contributed by atoms with E-state index in [0.29, 0.717) is 29.2 Å². The second kappa shape index (κ2) is 8.47. The van der Waals surface area contributed by atoms with E-state index in [1.165, 1.54) is 24.3 Å². The minimum atomic E-state index is -0.608. The lowest BCUT2D eigenvalue weighted by atomic mass is 10.2. The number of hydrogen-bond acceptors (Lipinski definition) is 4. The minimum absolute atomic E-state index is 0.352. The van der Waals surface area contributed by atoms with Crippen molar-refractivity contribution in [1.29, 1.82) is 0 Å². The van der Waals surface area contributed by atoms with Crippen LogP contribution in [0.1, 0.15) is 27.3 Å². The first-order valence-corrected chi connectivity index (χ1v) is 8.74. The standard InChI is InChI=1S/C21H20FN3O3/c1-14-20(15(2)25(24-14)12-16-6-4-3-5-7-16)21(27)28-13-19(26)23-18-10-8-17(22)9-11-18/h3-11H,12-13H2,1-2H3,(H,23,26). The molecule has 3 aromatic rings. The van der Waals surface area contributed by atoms with Crippen molar-refractivity contribution < 1.29 is 18.7 Å². The highest BCUT2D eigenvalue weighted by Gasteiger charge is 2.21. The Balaban J connectivity index is 1.62. The highest BCUT2D eigenvalue weighted by Crippen LogP contribution is 2.16. The molecule has 7 heteroatoms. The summed E-state index contributed by atoms with van der Waals surface area (Å²) in [6.07, 6.45) is 0. The summed E-state index contributed by atoms with van der Waals surface area (Å²) in [5.74, 6) is -1.52. The van der Waals surface area contributed by atoms with Crippen LogP contribution in [0.15, 0.2) is 54.6 Å². The quantitative estimate of drug-likeness (QED) is 0.664. The number of carbonyl (C=O) groups excluding carboxylic acids is 2. The molecule has 0 saturated carbocycles. The molecule has 0 aliphatic carbocycles. The molecule has 2 aromatic carbocycles. The number of ether oxygens (including phenoxy) is 1. The number of halogens is 1. The number of hydrogen-bond donors (Lipinski definition) is 1. The summed E-state index contributed by atoms with van der Waals surface area (Å²) in [6.45, 7) is 3.60. The molecule has 1 amide bonds. The van der Waals surface area contributed by atoms with Crippen molar-refractivity contribution in [2.75, 3.05) is 11.9 Å². The van der Waals surface area contributed by atoms with E-state index < -0.39 is 24.3 Å². The number of nitrogens with zero attached hydrogens (tertiary/aromatic N) is 2. The van der Waals surface area contributed by atoms with Gasteiger partial charge >= 0.3 is 5.97 Å². The van der Waals surface area contributed by atoms with Gasteiger partial charge in [0.2, 0.25) is 0 Å². The van der Waals surface area contributed by atoms with Gasteiger partial charge in [-0.3, -0.25) is 9.48 Å². The molecular formula is C21H20FN3O3. The van der Waals surface area contributed by atoms with Crippen LogP contribution in [0.5, 0.6) is 0 Å². The molecule has 6 nitrogen and oxygen atoms in total. The lowest BCUT2D eigenvalue weighted by Gasteiger charge is -2.08. The van der Waals surface area contributed by atoms with Gasteiger partial charge in [0, 0.05) is 5.69 Å². The van der Waals surface area contributed by atoms with E-state index in [-0.39, 0.29) is 0 Å². The van der Waals surface area contributed by atoms with Gasteiger partial charge in [-0.15, -0.1) is 0 Å². The molecule has 0 aliphatic heterocycles. The van der Waals surface area contributed by atoms with Gasteiger partial charge < -0.3 is 10.1 Å². The normalized spacial score (nSPS) is 10.5. The molecule has 0 unspecified atom stereocenters. The molecule has 1 N–H and O–H groups in total. The summed E-state index contributed by atoms with van der Waals surface area (Å²) in [5, 5.41) is 6.95. The SMILES string of the molecule is Cc1nn(Cc2ccccc2)c(C)c1C(=O)OCC(=O)Nc1ccc(F)cc1. The van der Waals surface area contributed by atoms with E-state index in [1.807, 2.05) is 30.3 Å². The van der Waals surface area contributed by atoms with Gasteiger partial charge in [-0.05, 0) is 43.7 Å². The number of amides is 1. The summed E-state index contributed by atoms with van der Waals surface area (Å²) in [5.41, 5.74) is 3.05. The van der Waals surface area contributed by atoms with Gasteiger partial charge in [0.1, 0.15) is 11.4 Å². The smallest absolute Gasteiger partial charge is 0.342 e. The minimum Gasteiger partial charge on any atom is -0.452 e. The van der Waals surface area contributed by atoms with Crippen molar-refractivity contribution in [3.05, 3.63) is 82.9 Å². The van der Waals surface area contributed by atoms with Crippen LogP contribution in [-0.2, 0) is 16.1 Å². The van der Waals surface area contributed by atoms with Gasteiger partial charge in [-0.25, -0.2) is 9.18 Å². The van der Waals surface area contributed by atoms with Crippen LogP contribution >= 0.6 is 0 Å². The van der Waals surface area contributed by atoms with Gasteiger partial charge in [-0.2, -0.15) is 5.10 Å². The Bertz CT molecular complexity index is 982. The third kappa shape index (κ3) is 4.62. The van der Waals surface area contributed by atoms with E-state index in [4.69, 9.17) is 4.74 Å². The van der Waals surface area contributed by atoms with Crippen LogP contribution in [0, 0.1) is 19.7 Å². The zero-order valence-electron chi connectivity index (χ0n) is 15.6. The van der Waals surface area contributed by atoms with Crippen molar-refractivity contribution in [3.63, 3.8) is 0 Å². The second-order valence-corrected chi connectivity index (χ2v) is 6.32. The average molecular weight is 381 g/mol. The number of benzene rings is 2. The highest BCUT2D eigenvalue weighted by molar-refractivity contribution is 5.96. The van der Waals surface area contributed by atoms with E-state index in [1.54, 1.807) is 18.5 Å². The Morgan fingerprint density at radius 3 is 2.43 bits per heavy atom. The maximum absolute atomic E-state index is 12.9. The van der Waals surface area contributed by atoms with Crippen molar-refractivity contribution in [1.82, 2.24) is 9.78 Å². The Morgan fingerprint density at radius 1 is 1.07 bits per heavy atom. The predicted octanol–water partition coefficient (Wildman–Crippen LogP) is 3.48. The summed E-state index contributed by atoms with van der Waals surface area (Å²) in [6, 6.07) is 15.1. The molecule has 1 heterocycles.